The average Bonchev–Trinajstić information content (AvgIpc) is 2.41. The van der Waals surface area contributed by atoms with Gasteiger partial charge in [0.05, 0.1) is 18.5 Å². The first kappa shape index (κ1) is 13.2. The highest BCUT2D eigenvalue weighted by molar-refractivity contribution is 5.73. The van der Waals surface area contributed by atoms with Crippen LogP contribution in [0, 0.1) is 5.82 Å². The molecule has 0 saturated carbocycles. The summed E-state index contributed by atoms with van der Waals surface area (Å²) in [5.74, 6) is 0.411. The Morgan fingerprint density at radius 2 is 1.89 bits per heavy atom. The fourth-order valence-electron chi connectivity index (χ4n) is 2.01. The lowest BCUT2D eigenvalue weighted by molar-refractivity contribution is 0.417. The lowest BCUT2D eigenvalue weighted by atomic mass is 10.1. The summed E-state index contributed by atoms with van der Waals surface area (Å²) >= 11 is 0. The number of nitrogens with two attached hydrogens (primary N) is 1. The molecule has 0 spiro atoms. The molecular formula is C15H17FN2O. The second kappa shape index (κ2) is 5.61. The van der Waals surface area contributed by atoms with E-state index in [1.807, 2.05) is 30.1 Å². The standard InChI is InChI=1S/C15H17FN2O/c1-18(10-11-6-3-4-7-12(11)16)13-8-5-9-14(19-2)15(13)17/h3-9H,10,17H2,1-2H3. The zero-order valence-corrected chi connectivity index (χ0v) is 11.1. The number of hydrogen-bond donors (Lipinski definition) is 1. The molecule has 0 bridgehead atoms. The molecule has 3 nitrogen and oxygen atoms in total. The van der Waals surface area contributed by atoms with E-state index in [-0.39, 0.29) is 5.82 Å². The predicted molar refractivity (Wildman–Crippen MR) is 75.9 cm³/mol. The Morgan fingerprint density at radius 1 is 1.16 bits per heavy atom. The van der Waals surface area contributed by atoms with Gasteiger partial charge in [0.2, 0.25) is 0 Å². The van der Waals surface area contributed by atoms with Crippen molar-refractivity contribution in [3.05, 3.63) is 53.8 Å². The minimum absolute atomic E-state index is 0.212. The summed E-state index contributed by atoms with van der Waals surface area (Å²) in [7, 11) is 3.45. The molecule has 0 aromatic heterocycles. The third-order valence-corrected chi connectivity index (χ3v) is 3.04. The zero-order chi connectivity index (χ0) is 13.8. The number of methoxy groups -OCH3 is 1. The first-order valence-electron chi connectivity index (χ1n) is 6.00. The quantitative estimate of drug-likeness (QED) is 0.859. The fraction of sp³-hybridized carbons (Fsp3) is 0.200. The molecule has 0 amide bonds. The van der Waals surface area contributed by atoms with Crippen molar-refractivity contribution >= 4 is 11.4 Å². The van der Waals surface area contributed by atoms with Crippen molar-refractivity contribution in [2.75, 3.05) is 24.8 Å². The van der Waals surface area contributed by atoms with Gasteiger partial charge in [-0.05, 0) is 18.2 Å². The third-order valence-electron chi connectivity index (χ3n) is 3.04. The van der Waals surface area contributed by atoms with E-state index >= 15 is 0 Å². The van der Waals surface area contributed by atoms with Crippen molar-refractivity contribution in [1.82, 2.24) is 0 Å². The van der Waals surface area contributed by atoms with Crippen molar-refractivity contribution in [2.45, 2.75) is 6.54 Å². The number of benzene rings is 2. The molecule has 19 heavy (non-hydrogen) atoms. The Labute approximate surface area is 112 Å². The normalized spacial score (nSPS) is 10.3. The maximum Gasteiger partial charge on any atom is 0.143 e. The smallest absolute Gasteiger partial charge is 0.143 e. The largest absolute Gasteiger partial charge is 0.495 e. The maximum atomic E-state index is 13.6. The van der Waals surface area contributed by atoms with Gasteiger partial charge in [0, 0.05) is 19.2 Å². The molecule has 2 aromatic carbocycles. The van der Waals surface area contributed by atoms with Gasteiger partial charge in [-0.15, -0.1) is 0 Å². The number of nitrogens with zero attached hydrogens (tertiary/aromatic N) is 1. The highest BCUT2D eigenvalue weighted by atomic mass is 19.1. The lowest BCUT2D eigenvalue weighted by Crippen LogP contribution is -2.18. The number of nitrogen functional groups attached to an aromatic ring is 1. The van der Waals surface area contributed by atoms with E-state index < -0.39 is 0 Å². The summed E-state index contributed by atoms with van der Waals surface area (Å²) in [5, 5.41) is 0. The Kier molecular flexibility index (Phi) is 3.90. The molecule has 100 valence electrons. The van der Waals surface area contributed by atoms with Gasteiger partial charge in [-0.1, -0.05) is 24.3 Å². The third kappa shape index (κ3) is 2.78. The second-order valence-electron chi connectivity index (χ2n) is 4.34. The molecule has 0 aliphatic rings. The summed E-state index contributed by atoms with van der Waals surface area (Å²) in [4.78, 5) is 1.90. The van der Waals surface area contributed by atoms with Crippen LogP contribution in [-0.2, 0) is 6.54 Å². The number of anilines is 2. The molecule has 0 radical (unpaired) electrons. The number of para-hydroxylation sites is 1. The predicted octanol–water partition coefficient (Wildman–Crippen LogP) is 3.05. The minimum atomic E-state index is -0.212. The van der Waals surface area contributed by atoms with Crippen LogP contribution < -0.4 is 15.4 Å². The molecule has 2 rings (SSSR count). The fourth-order valence-corrected chi connectivity index (χ4v) is 2.01. The van der Waals surface area contributed by atoms with Gasteiger partial charge < -0.3 is 15.4 Å². The molecule has 4 heteroatoms. The number of hydrogen-bond acceptors (Lipinski definition) is 3. The van der Waals surface area contributed by atoms with Gasteiger partial charge >= 0.3 is 0 Å². The van der Waals surface area contributed by atoms with Gasteiger partial charge in [0.1, 0.15) is 11.6 Å². The summed E-state index contributed by atoms with van der Waals surface area (Å²) in [6.45, 7) is 0.448. The highest BCUT2D eigenvalue weighted by Crippen LogP contribution is 2.32. The van der Waals surface area contributed by atoms with E-state index in [9.17, 15) is 4.39 Å². The molecule has 0 aliphatic carbocycles. The van der Waals surface area contributed by atoms with Crippen LogP contribution in [-0.4, -0.2) is 14.2 Å². The van der Waals surface area contributed by atoms with Crippen LogP contribution in [0.25, 0.3) is 0 Å². The monoisotopic (exact) mass is 260 g/mol. The zero-order valence-electron chi connectivity index (χ0n) is 11.1. The Bertz CT molecular complexity index is 572. The lowest BCUT2D eigenvalue weighted by Gasteiger charge is -2.22. The van der Waals surface area contributed by atoms with Gasteiger partial charge in [-0.25, -0.2) is 4.39 Å². The van der Waals surface area contributed by atoms with E-state index in [1.165, 1.54) is 6.07 Å². The Morgan fingerprint density at radius 3 is 2.58 bits per heavy atom. The Hall–Kier alpha value is -2.23. The second-order valence-corrected chi connectivity index (χ2v) is 4.34. The van der Waals surface area contributed by atoms with Crippen LogP contribution in [0.1, 0.15) is 5.56 Å². The Balaban J connectivity index is 2.26. The topological polar surface area (TPSA) is 38.5 Å². The van der Waals surface area contributed by atoms with Gasteiger partial charge in [-0.3, -0.25) is 0 Å². The van der Waals surface area contributed by atoms with Gasteiger partial charge in [0.15, 0.2) is 0 Å². The van der Waals surface area contributed by atoms with Crippen LogP contribution in [0.2, 0.25) is 0 Å². The maximum absolute atomic E-state index is 13.6. The molecule has 0 unspecified atom stereocenters. The van der Waals surface area contributed by atoms with Crippen LogP contribution in [0.4, 0.5) is 15.8 Å². The average molecular weight is 260 g/mol. The number of rotatable bonds is 4. The summed E-state index contributed by atoms with van der Waals surface area (Å²) in [6.07, 6.45) is 0. The van der Waals surface area contributed by atoms with Gasteiger partial charge in [-0.2, -0.15) is 0 Å². The van der Waals surface area contributed by atoms with Crippen LogP contribution in [0.5, 0.6) is 5.75 Å². The summed E-state index contributed by atoms with van der Waals surface area (Å²) in [6, 6.07) is 12.3. The SMILES string of the molecule is COc1cccc(N(C)Cc2ccccc2F)c1N. The number of halogens is 1. The summed E-state index contributed by atoms with van der Waals surface area (Å²) < 4.78 is 18.8. The van der Waals surface area contributed by atoms with Crippen molar-refractivity contribution in [3.63, 3.8) is 0 Å². The van der Waals surface area contributed by atoms with Crippen LogP contribution >= 0.6 is 0 Å². The molecule has 0 fully saturated rings. The minimum Gasteiger partial charge on any atom is -0.495 e. The molecular weight excluding hydrogens is 243 g/mol. The first-order valence-corrected chi connectivity index (χ1v) is 6.00. The van der Waals surface area contributed by atoms with Crippen molar-refractivity contribution in [2.24, 2.45) is 0 Å². The van der Waals surface area contributed by atoms with E-state index in [1.54, 1.807) is 25.3 Å². The summed E-state index contributed by atoms with van der Waals surface area (Å²) in [5.41, 5.74) is 8.04. The van der Waals surface area contributed by atoms with Crippen molar-refractivity contribution in [1.29, 1.82) is 0 Å². The van der Waals surface area contributed by atoms with Crippen molar-refractivity contribution < 1.29 is 9.13 Å². The first-order chi connectivity index (χ1) is 9.13. The van der Waals surface area contributed by atoms with Crippen LogP contribution in [0.3, 0.4) is 0 Å². The van der Waals surface area contributed by atoms with Gasteiger partial charge in [0.25, 0.3) is 0 Å². The molecule has 2 aromatic rings. The van der Waals surface area contributed by atoms with E-state index in [2.05, 4.69) is 0 Å². The molecule has 2 N–H and O–H groups in total. The van der Waals surface area contributed by atoms with Crippen molar-refractivity contribution in [3.8, 4) is 5.75 Å². The van der Waals surface area contributed by atoms with E-state index in [0.29, 0.717) is 23.5 Å². The molecule has 0 aliphatic heterocycles. The van der Waals surface area contributed by atoms with E-state index in [0.717, 1.165) is 5.69 Å². The molecule has 0 heterocycles. The molecule has 0 saturated heterocycles. The molecule has 0 atom stereocenters. The van der Waals surface area contributed by atoms with E-state index in [4.69, 9.17) is 10.5 Å². The van der Waals surface area contributed by atoms with Crippen LogP contribution in [0.15, 0.2) is 42.5 Å². The highest BCUT2D eigenvalue weighted by Gasteiger charge is 2.11. The number of ether oxygens (including phenoxy) is 1.